The molecular formula is C8H8N2S. The Morgan fingerprint density at radius 1 is 1.73 bits per heavy atom. The molecule has 0 radical (unpaired) electrons. The summed E-state index contributed by atoms with van der Waals surface area (Å²) in [5, 5.41) is 8.64. The van der Waals surface area contributed by atoms with Crippen LogP contribution in [0.3, 0.4) is 0 Å². The van der Waals surface area contributed by atoms with Gasteiger partial charge >= 0.3 is 0 Å². The maximum absolute atomic E-state index is 8.64. The zero-order valence-electron chi connectivity index (χ0n) is 6.24. The second-order valence-electron chi connectivity index (χ2n) is 1.92. The zero-order chi connectivity index (χ0) is 8.10. The topological polar surface area (TPSA) is 36.7 Å². The van der Waals surface area contributed by atoms with Crippen molar-refractivity contribution in [1.82, 2.24) is 4.98 Å². The molecule has 0 aromatic carbocycles. The summed E-state index contributed by atoms with van der Waals surface area (Å²) in [6.45, 7) is 2.06. The van der Waals surface area contributed by atoms with E-state index in [9.17, 15) is 0 Å². The lowest BCUT2D eigenvalue weighted by molar-refractivity contribution is 1.22. The van der Waals surface area contributed by atoms with Crippen molar-refractivity contribution in [1.29, 1.82) is 5.26 Å². The minimum atomic E-state index is 0.666. The number of rotatable bonds is 2. The molecule has 3 heteroatoms. The highest BCUT2D eigenvalue weighted by molar-refractivity contribution is 7.99. The molecule has 0 aliphatic heterocycles. The van der Waals surface area contributed by atoms with Crippen LogP contribution in [0.1, 0.15) is 12.5 Å². The zero-order valence-corrected chi connectivity index (χ0v) is 7.06. The molecule has 0 atom stereocenters. The maximum atomic E-state index is 8.64. The van der Waals surface area contributed by atoms with Gasteiger partial charge in [0.05, 0.1) is 5.56 Å². The third-order valence-corrected chi connectivity index (χ3v) is 2.16. The monoisotopic (exact) mass is 164 g/mol. The molecule has 1 heterocycles. The Hall–Kier alpha value is -1.01. The van der Waals surface area contributed by atoms with Crippen molar-refractivity contribution in [2.45, 2.75) is 11.8 Å². The lowest BCUT2D eigenvalue weighted by Gasteiger charge is -1.97. The second-order valence-corrected chi connectivity index (χ2v) is 3.22. The predicted molar refractivity (Wildman–Crippen MR) is 45.4 cm³/mol. The van der Waals surface area contributed by atoms with Crippen LogP contribution in [0, 0.1) is 11.3 Å². The van der Waals surface area contributed by atoms with Gasteiger partial charge in [-0.1, -0.05) is 6.92 Å². The predicted octanol–water partition coefficient (Wildman–Crippen LogP) is 2.07. The molecule has 0 N–H and O–H groups in total. The quantitative estimate of drug-likeness (QED) is 0.628. The fourth-order valence-electron chi connectivity index (χ4n) is 0.747. The molecule has 1 rings (SSSR count). The largest absolute Gasteiger partial charge is 0.263 e. The number of thioether (sulfide) groups is 1. The highest BCUT2D eigenvalue weighted by Crippen LogP contribution is 2.19. The minimum Gasteiger partial charge on any atom is -0.263 e. The SMILES string of the molecule is CCSc1ccncc1C#N. The van der Waals surface area contributed by atoms with Gasteiger partial charge in [0.2, 0.25) is 0 Å². The Morgan fingerprint density at radius 3 is 3.18 bits per heavy atom. The van der Waals surface area contributed by atoms with E-state index in [4.69, 9.17) is 5.26 Å². The average molecular weight is 164 g/mol. The van der Waals surface area contributed by atoms with Crippen LogP contribution in [-0.4, -0.2) is 10.7 Å². The highest BCUT2D eigenvalue weighted by atomic mass is 32.2. The van der Waals surface area contributed by atoms with Gasteiger partial charge in [0.25, 0.3) is 0 Å². The van der Waals surface area contributed by atoms with E-state index in [2.05, 4.69) is 18.0 Å². The summed E-state index contributed by atoms with van der Waals surface area (Å²) in [5.41, 5.74) is 0.666. The smallest absolute Gasteiger partial charge is 0.102 e. The van der Waals surface area contributed by atoms with Crippen LogP contribution in [0.25, 0.3) is 0 Å². The Kier molecular flexibility index (Phi) is 2.94. The fourth-order valence-corrected chi connectivity index (χ4v) is 1.47. The molecule has 0 saturated heterocycles. The Balaban J connectivity index is 2.95. The molecule has 0 aliphatic rings. The second kappa shape index (κ2) is 3.99. The molecule has 0 bridgehead atoms. The van der Waals surface area contributed by atoms with E-state index in [0.717, 1.165) is 10.6 Å². The molecule has 1 aromatic heterocycles. The van der Waals surface area contributed by atoms with Gasteiger partial charge in [-0.05, 0) is 11.8 Å². The van der Waals surface area contributed by atoms with E-state index in [1.165, 1.54) is 0 Å². The van der Waals surface area contributed by atoms with Crippen molar-refractivity contribution in [3.8, 4) is 6.07 Å². The van der Waals surface area contributed by atoms with Gasteiger partial charge in [0.15, 0.2) is 0 Å². The number of hydrogen-bond acceptors (Lipinski definition) is 3. The third kappa shape index (κ3) is 1.95. The van der Waals surface area contributed by atoms with Crippen molar-refractivity contribution in [2.75, 3.05) is 5.75 Å². The van der Waals surface area contributed by atoms with Crippen LogP contribution in [0.5, 0.6) is 0 Å². The Labute approximate surface area is 70.3 Å². The lowest BCUT2D eigenvalue weighted by Crippen LogP contribution is -1.82. The first-order valence-electron chi connectivity index (χ1n) is 3.35. The standard InChI is InChI=1S/C8H8N2S/c1-2-11-8-3-4-10-6-7(8)5-9/h3-4,6H,2H2,1H3. The lowest BCUT2D eigenvalue weighted by atomic mass is 10.3. The molecule has 0 aliphatic carbocycles. The van der Waals surface area contributed by atoms with Crippen molar-refractivity contribution in [3.05, 3.63) is 24.0 Å². The summed E-state index contributed by atoms with van der Waals surface area (Å²) in [6.07, 6.45) is 3.30. The summed E-state index contributed by atoms with van der Waals surface area (Å²) >= 11 is 1.66. The average Bonchev–Trinajstić information content (AvgIpc) is 2.06. The van der Waals surface area contributed by atoms with Gasteiger partial charge in [0, 0.05) is 17.3 Å². The molecule has 0 spiro atoms. The summed E-state index contributed by atoms with van der Waals surface area (Å²) in [4.78, 5) is 4.88. The van der Waals surface area contributed by atoms with Crippen molar-refractivity contribution in [2.24, 2.45) is 0 Å². The number of aromatic nitrogens is 1. The van der Waals surface area contributed by atoms with Crippen molar-refractivity contribution in [3.63, 3.8) is 0 Å². The Bertz CT molecular complexity index is 278. The van der Waals surface area contributed by atoms with Crippen LogP contribution < -0.4 is 0 Å². The van der Waals surface area contributed by atoms with Crippen molar-refractivity contribution < 1.29 is 0 Å². The highest BCUT2D eigenvalue weighted by Gasteiger charge is 1.98. The molecule has 0 saturated carbocycles. The van der Waals surface area contributed by atoms with Gasteiger partial charge in [-0.25, -0.2) is 0 Å². The van der Waals surface area contributed by atoms with Crippen LogP contribution in [0.4, 0.5) is 0 Å². The van der Waals surface area contributed by atoms with E-state index in [-0.39, 0.29) is 0 Å². The third-order valence-electron chi connectivity index (χ3n) is 1.20. The molecule has 1 aromatic rings. The van der Waals surface area contributed by atoms with E-state index in [1.54, 1.807) is 24.2 Å². The first-order chi connectivity index (χ1) is 5.38. The molecule has 56 valence electrons. The van der Waals surface area contributed by atoms with Crippen molar-refractivity contribution >= 4 is 11.8 Å². The minimum absolute atomic E-state index is 0.666. The molecular weight excluding hydrogens is 156 g/mol. The van der Waals surface area contributed by atoms with Gasteiger partial charge in [-0.2, -0.15) is 5.26 Å². The molecule has 0 fully saturated rings. The van der Waals surface area contributed by atoms with Gasteiger partial charge in [0.1, 0.15) is 6.07 Å². The van der Waals surface area contributed by atoms with Gasteiger partial charge in [-0.3, -0.25) is 4.98 Å². The van der Waals surface area contributed by atoms with Crippen LogP contribution in [-0.2, 0) is 0 Å². The summed E-state index contributed by atoms with van der Waals surface area (Å²) < 4.78 is 0. The van der Waals surface area contributed by atoms with Gasteiger partial charge in [-0.15, -0.1) is 11.8 Å². The first kappa shape index (κ1) is 8.09. The molecule has 11 heavy (non-hydrogen) atoms. The van der Waals surface area contributed by atoms with Crippen LogP contribution in [0.2, 0.25) is 0 Å². The van der Waals surface area contributed by atoms with E-state index in [0.29, 0.717) is 5.56 Å². The Morgan fingerprint density at radius 2 is 2.55 bits per heavy atom. The van der Waals surface area contributed by atoms with Gasteiger partial charge < -0.3 is 0 Å². The summed E-state index contributed by atoms with van der Waals surface area (Å²) in [7, 11) is 0. The number of pyridine rings is 1. The summed E-state index contributed by atoms with van der Waals surface area (Å²) in [5.74, 6) is 0.985. The maximum Gasteiger partial charge on any atom is 0.102 e. The fraction of sp³-hybridized carbons (Fsp3) is 0.250. The number of hydrogen-bond donors (Lipinski definition) is 0. The molecule has 0 unspecified atom stereocenters. The van der Waals surface area contributed by atoms with E-state index < -0.39 is 0 Å². The number of nitrogens with zero attached hydrogens (tertiary/aromatic N) is 2. The number of nitriles is 1. The molecule has 2 nitrogen and oxygen atoms in total. The normalized spacial score (nSPS) is 9.09. The first-order valence-corrected chi connectivity index (χ1v) is 4.34. The molecule has 0 amide bonds. The van der Waals surface area contributed by atoms with E-state index in [1.807, 2.05) is 6.07 Å². The van der Waals surface area contributed by atoms with Crippen LogP contribution >= 0.6 is 11.8 Å². The van der Waals surface area contributed by atoms with E-state index >= 15 is 0 Å². The summed E-state index contributed by atoms with van der Waals surface area (Å²) in [6, 6.07) is 3.96. The van der Waals surface area contributed by atoms with Crippen LogP contribution in [0.15, 0.2) is 23.4 Å².